The number of nitrogens with one attached hydrogen (secondary N) is 1. The van der Waals surface area contributed by atoms with E-state index in [4.69, 9.17) is 10.8 Å². The summed E-state index contributed by atoms with van der Waals surface area (Å²) in [7, 11) is 0. The average Bonchev–Trinajstić information content (AvgIpc) is 2.55. The second kappa shape index (κ2) is 3.93. The zero-order chi connectivity index (χ0) is 12.6. The highest BCUT2D eigenvalue weighted by Gasteiger charge is 2.14. The summed E-state index contributed by atoms with van der Waals surface area (Å²) in [6.45, 7) is 3.92. The highest BCUT2D eigenvalue weighted by atomic mass is 16.4. The van der Waals surface area contributed by atoms with Crippen LogP contribution in [0.2, 0.25) is 0 Å². The molecule has 0 aromatic carbocycles. The number of aromatic carboxylic acids is 1. The molecule has 2 aromatic heterocycles. The monoisotopic (exact) mass is 235 g/mol. The minimum absolute atomic E-state index is 0.0502. The molecule has 2 aromatic rings. The molecule has 2 rings (SSSR count). The standard InChI is InChI=1S/C10H13N5O2/c1-5(2)12-6-3-7(9(16)17)8-13-10(11)14-15(8)4-6/h3-5,12H,1-2H3,(H2,11,14)(H,16,17). The predicted octanol–water partition coefficient (Wildman–Crippen LogP) is 0.830. The van der Waals surface area contributed by atoms with Gasteiger partial charge in [-0.2, -0.15) is 4.98 Å². The highest BCUT2D eigenvalue weighted by molar-refractivity contribution is 5.95. The van der Waals surface area contributed by atoms with Crippen molar-refractivity contribution in [3.05, 3.63) is 17.8 Å². The lowest BCUT2D eigenvalue weighted by Crippen LogP contribution is -2.12. The Bertz CT molecular complexity index is 575. The number of aromatic nitrogens is 3. The van der Waals surface area contributed by atoms with Gasteiger partial charge in [-0.25, -0.2) is 9.31 Å². The van der Waals surface area contributed by atoms with Crippen LogP contribution in [-0.4, -0.2) is 31.7 Å². The Balaban J connectivity index is 2.62. The fourth-order valence-electron chi connectivity index (χ4n) is 1.57. The number of fused-ring (bicyclic) bond motifs is 1. The average molecular weight is 235 g/mol. The first-order valence-electron chi connectivity index (χ1n) is 5.13. The van der Waals surface area contributed by atoms with Gasteiger partial charge in [0.25, 0.3) is 0 Å². The fraction of sp³-hybridized carbons (Fsp3) is 0.300. The van der Waals surface area contributed by atoms with Crippen LogP contribution < -0.4 is 11.1 Å². The normalized spacial score (nSPS) is 11.0. The minimum Gasteiger partial charge on any atom is -0.478 e. The molecule has 4 N–H and O–H groups in total. The number of carboxylic acid groups (broad SMARTS) is 1. The Morgan fingerprint density at radius 1 is 1.59 bits per heavy atom. The molecule has 0 atom stereocenters. The molecular formula is C10H13N5O2. The van der Waals surface area contributed by atoms with Gasteiger partial charge in [-0.15, -0.1) is 5.10 Å². The highest BCUT2D eigenvalue weighted by Crippen LogP contribution is 2.17. The van der Waals surface area contributed by atoms with Crippen LogP contribution in [0.4, 0.5) is 11.6 Å². The van der Waals surface area contributed by atoms with E-state index < -0.39 is 5.97 Å². The summed E-state index contributed by atoms with van der Waals surface area (Å²) in [6.07, 6.45) is 1.66. The van der Waals surface area contributed by atoms with Crippen molar-refractivity contribution in [2.75, 3.05) is 11.1 Å². The largest absolute Gasteiger partial charge is 0.478 e. The van der Waals surface area contributed by atoms with Crippen LogP contribution in [-0.2, 0) is 0 Å². The third-order valence-corrected chi connectivity index (χ3v) is 2.14. The van der Waals surface area contributed by atoms with Gasteiger partial charge in [-0.05, 0) is 19.9 Å². The molecule has 0 spiro atoms. The lowest BCUT2D eigenvalue weighted by molar-refractivity contribution is 0.0698. The Kier molecular flexibility index (Phi) is 2.58. The summed E-state index contributed by atoms with van der Waals surface area (Å²) < 4.78 is 1.36. The van der Waals surface area contributed by atoms with Crippen LogP contribution in [0.5, 0.6) is 0 Å². The molecule has 0 fully saturated rings. The topological polar surface area (TPSA) is 106 Å². The molecule has 0 saturated heterocycles. The molecule has 0 aliphatic rings. The Morgan fingerprint density at radius 2 is 2.29 bits per heavy atom. The van der Waals surface area contributed by atoms with Crippen molar-refractivity contribution in [1.29, 1.82) is 0 Å². The number of rotatable bonds is 3. The SMILES string of the molecule is CC(C)Nc1cc(C(=O)O)c2nc(N)nn2c1. The van der Waals surface area contributed by atoms with E-state index in [0.717, 1.165) is 0 Å². The molecule has 0 bridgehead atoms. The molecule has 0 radical (unpaired) electrons. The van der Waals surface area contributed by atoms with E-state index >= 15 is 0 Å². The zero-order valence-electron chi connectivity index (χ0n) is 9.51. The molecule has 0 aliphatic heterocycles. The number of nitrogens with two attached hydrogens (primary N) is 1. The first-order chi connectivity index (χ1) is 7.97. The van der Waals surface area contributed by atoms with Gasteiger partial charge in [-0.1, -0.05) is 0 Å². The molecule has 7 nitrogen and oxygen atoms in total. The van der Waals surface area contributed by atoms with E-state index in [9.17, 15) is 4.79 Å². The number of carboxylic acids is 1. The van der Waals surface area contributed by atoms with Gasteiger partial charge in [0, 0.05) is 6.04 Å². The second-order valence-corrected chi connectivity index (χ2v) is 3.98. The van der Waals surface area contributed by atoms with E-state index in [2.05, 4.69) is 15.4 Å². The van der Waals surface area contributed by atoms with Crippen LogP contribution in [0.15, 0.2) is 12.3 Å². The smallest absolute Gasteiger partial charge is 0.339 e. The van der Waals surface area contributed by atoms with Crippen molar-refractivity contribution in [1.82, 2.24) is 14.6 Å². The molecular weight excluding hydrogens is 222 g/mol. The van der Waals surface area contributed by atoms with Gasteiger partial charge in [0.2, 0.25) is 5.95 Å². The van der Waals surface area contributed by atoms with Gasteiger partial charge in [0.05, 0.1) is 11.9 Å². The lowest BCUT2D eigenvalue weighted by atomic mass is 10.2. The van der Waals surface area contributed by atoms with E-state index in [0.29, 0.717) is 5.69 Å². The molecule has 0 saturated carbocycles. The quantitative estimate of drug-likeness (QED) is 0.727. The van der Waals surface area contributed by atoms with Crippen molar-refractivity contribution in [2.45, 2.75) is 19.9 Å². The third-order valence-electron chi connectivity index (χ3n) is 2.14. The van der Waals surface area contributed by atoms with Crippen molar-refractivity contribution in [3.8, 4) is 0 Å². The number of pyridine rings is 1. The summed E-state index contributed by atoms with van der Waals surface area (Å²) in [6, 6.07) is 1.71. The minimum atomic E-state index is -1.06. The maximum Gasteiger partial charge on any atom is 0.339 e. The van der Waals surface area contributed by atoms with Gasteiger partial charge in [0.15, 0.2) is 5.65 Å². The summed E-state index contributed by atoms with van der Waals surface area (Å²) in [5.74, 6) is -1.01. The zero-order valence-corrected chi connectivity index (χ0v) is 9.51. The maximum atomic E-state index is 11.1. The van der Waals surface area contributed by atoms with Crippen LogP contribution in [0.25, 0.3) is 5.65 Å². The van der Waals surface area contributed by atoms with Crippen molar-refractivity contribution in [2.24, 2.45) is 0 Å². The number of nitrogen functional groups attached to an aromatic ring is 1. The van der Waals surface area contributed by atoms with Crippen molar-refractivity contribution >= 4 is 23.3 Å². The number of hydrogen-bond donors (Lipinski definition) is 3. The third kappa shape index (κ3) is 2.12. The fourth-order valence-corrected chi connectivity index (χ4v) is 1.57. The summed E-state index contributed by atoms with van der Waals surface area (Å²) in [5.41, 5.74) is 6.43. The van der Waals surface area contributed by atoms with Crippen LogP contribution >= 0.6 is 0 Å². The number of hydrogen-bond acceptors (Lipinski definition) is 5. The van der Waals surface area contributed by atoms with Crippen molar-refractivity contribution in [3.63, 3.8) is 0 Å². The van der Waals surface area contributed by atoms with Crippen LogP contribution in [0.3, 0.4) is 0 Å². The van der Waals surface area contributed by atoms with E-state index in [1.807, 2.05) is 13.8 Å². The Hall–Kier alpha value is -2.31. The Labute approximate surface area is 97.3 Å². The molecule has 7 heteroatoms. The maximum absolute atomic E-state index is 11.1. The van der Waals surface area contributed by atoms with Crippen LogP contribution in [0, 0.1) is 0 Å². The molecule has 0 unspecified atom stereocenters. The first kappa shape index (κ1) is 11.2. The van der Waals surface area contributed by atoms with Gasteiger partial charge >= 0.3 is 5.97 Å². The summed E-state index contributed by atoms with van der Waals surface area (Å²) >= 11 is 0. The number of carbonyl (C=O) groups is 1. The Morgan fingerprint density at radius 3 is 2.88 bits per heavy atom. The van der Waals surface area contributed by atoms with Crippen LogP contribution in [0.1, 0.15) is 24.2 Å². The van der Waals surface area contributed by atoms with Gasteiger partial charge in [-0.3, -0.25) is 0 Å². The number of anilines is 2. The molecule has 90 valence electrons. The molecule has 0 aliphatic carbocycles. The van der Waals surface area contributed by atoms with Gasteiger partial charge < -0.3 is 16.2 Å². The van der Waals surface area contributed by atoms with E-state index in [1.54, 1.807) is 6.20 Å². The second-order valence-electron chi connectivity index (χ2n) is 3.98. The predicted molar refractivity (Wildman–Crippen MR) is 63.1 cm³/mol. The van der Waals surface area contributed by atoms with E-state index in [1.165, 1.54) is 10.6 Å². The molecule has 17 heavy (non-hydrogen) atoms. The molecule has 0 amide bonds. The lowest BCUT2D eigenvalue weighted by Gasteiger charge is -2.10. The molecule has 2 heterocycles. The van der Waals surface area contributed by atoms with Gasteiger partial charge in [0.1, 0.15) is 5.56 Å². The summed E-state index contributed by atoms with van der Waals surface area (Å²) in [5, 5.41) is 16.1. The number of nitrogens with zero attached hydrogens (tertiary/aromatic N) is 3. The summed E-state index contributed by atoms with van der Waals surface area (Å²) in [4.78, 5) is 15.0. The van der Waals surface area contributed by atoms with Crippen molar-refractivity contribution < 1.29 is 9.90 Å². The van der Waals surface area contributed by atoms with E-state index in [-0.39, 0.29) is 23.2 Å². The first-order valence-corrected chi connectivity index (χ1v) is 5.13.